The number of aromatic nitrogens is 4. The van der Waals surface area contributed by atoms with E-state index >= 15 is 0 Å². The van der Waals surface area contributed by atoms with Gasteiger partial charge in [0, 0.05) is 18.8 Å². The summed E-state index contributed by atoms with van der Waals surface area (Å²) in [6.07, 6.45) is 10.3. The molecular weight excluding hydrogens is 859 g/mol. The number of amides is 4. The first-order chi connectivity index (χ1) is 32.9. The second-order valence-corrected chi connectivity index (χ2v) is 19.6. The van der Waals surface area contributed by atoms with E-state index in [-0.39, 0.29) is 47.8 Å². The van der Waals surface area contributed by atoms with Crippen LogP contribution < -0.4 is 15.5 Å². The maximum Gasteiger partial charge on any atom is 0.407 e. The fraction of sp³-hybridized carbons (Fsp3) is 0.472. The molecule has 0 unspecified atom stereocenters. The molecule has 3 aromatic carbocycles. The summed E-state index contributed by atoms with van der Waals surface area (Å²) in [5.41, 5.74) is 8.93. The van der Waals surface area contributed by atoms with Crippen LogP contribution in [0.25, 0.3) is 22.5 Å². The Morgan fingerprint density at radius 2 is 0.971 bits per heavy atom. The number of H-pyrrole nitrogens is 2. The Kier molecular flexibility index (Phi) is 13.6. The van der Waals surface area contributed by atoms with Crippen LogP contribution in [-0.2, 0) is 19.1 Å². The number of nitrogens with zero attached hydrogens (tertiary/aromatic N) is 5. The van der Waals surface area contributed by atoms with Crippen LogP contribution in [0.5, 0.6) is 0 Å². The van der Waals surface area contributed by atoms with Crippen LogP contribution in [-0.4, -0.2) is 93.1 Å². The lowest BCUT2D eigenvalue weighted by Gasteiger charge is -2.33. The number of anilines is 1. The van der Waals surface area contributed by atoms with Gasteiger partial charge in [-0.2, -0.15) is 0 Å². The summed E-state index contributed by atoms with van der Waals surface area (Å²) >= 11 is 0. The Bertz CT molecular complexity index is 2420. The number of benzene rings is 3. The standard InChI is InChI=1S/C53H65N9O6/c1-31(2)46(58-52(65)67-5)50(63)60-27-7-9-44(60)48-54-29-40(56-48)35-13-17-37(18-14-35)42-25-26-43(62(42)39-23-21-34(22-24-39)33-11-12-33)38-19-15-36(16-20-38)41-30-55-49(57-41)45-10-8-28-61(45)51(64)47(32(3)4)59-53(66)68-6/h13-24,29-33,42-47H,7-12,25-28H2,1-6H3,(H,54,56)(H,55,57)(H,58,65)(H,59,66)/t42-,43+,44-,45-,46-,47-/m0/s1. The number of nitrogens with one attached hydrogen (secondary N) is 4. The van der Waals surface area contributed by atoms with Crippen molar-refractivity contribution in [1.82, 2.24) is 40.4 Å². The molecule has 4 amide bonds. The van der Waals surface area contributed by atoms with Crippen LogP contribution in [0.3, 0.4) is 0 Å². The Morgan fingerprint density at radius 3 is 1.35 bits per heavy atom. The van der Waals surface area contributed by atoms with Gasteiger partial charge in [-0.1, -0.05) is 88.4 Å². The number of hydrogen-bond donors (Lipinski definition) is 4. The van der Waals surface area contributed by atoms with Crippen molar-refractivity contribution >= 4 is 29.7 Å². The number of ether oxygens (including phenoxy) is 2. The van der Waals surface area contributed by atoms with Crippen molar-refractivity contribution in [1.29, 1.82) is 0 Å². The smallest absolute Gasteiger partial charge is 0.407 e. The maximum atomic E-state index is 13.7. The minimum atomic E-state index is -0.690. The number of carbonyl (C=O) groups excluding carboxylic acids is 4. The summed E-state index contributed by atoms with van der Waals surface area (Å²) in [5.74, 6) is 1.69. The second kappa shape index (κ2) is 19.9. The first-order valence-electron chi connectivity index (χ1n) is 24.4. The van der Waals surface area contributed by atoms with E-state index in [1.165, 1.54) is 49.4 Å². The van der Waals surface area contributed by atoms with Crippen LogP contribution in [0.2, 0.25) is 0 Å². The molecule has 68 heavy (non-hydrogen) atoms. The number of aromatic amines is 2. The summed E-state index contributed by atoms with van der Waals surface area (Å²) in [7, 11) is 2.61. The number of imidazole rings is 2. The summed E-state index contributed by atoms with van der Waals surface area (Å²) in [6, 6.07) is 25.4. The molecule has 4 fully saturated rings. The molecule has 1 aliphatic carbocycles. The molecule has 9 rings (SSSR count). The molecule has 4 aliphatic rings. The third-order valence-electron chi connectivity index (χ3n) is 14.5. The van der Waals surface area contributed by atoms with E-state index in [0.717, 1.165) is 72.7 Å². The van der Waals surface area contributed by atoms with Gasteiger partial charge in [0.2, 0.25) is 11.8 Å². The third-order valence-corrected chi connectivity index (χ3v) is 14.5. The molecule has 6 atom stereocenters. The van der Waals surface area contributed by atoms with E-state index < -0.39 is 24.3 Å². The average molecular weight is 924 g/mol. The van der Waals surface area contributed by atoms with Crippen molar-refractivity contribution in [2.24, 2.45) is 11.8 Å². The van der Waals surface area contributed by atoms with E-state index in [0.29, 0.717) is 19.0 Å². The van der Waals surface area contributed by atoms with E-state index in [1.54, 1.807) is 0 Å². The van der Waals surface area contributed by atoms with Gasteiger partial charge in [0.25, 0.3) is 0 Å². The van der Waals surface area contributed by atoms with E-state index in [4.69, 9.17) is 19.4 Å². The molecular formula is C53H65N9O6. The minimum Gasteiger partial charge on any atom is -0.453 e. The molecule has 358 valence electrons. The fourth-order valence-electron chi connectivity index (χ4n) is 10.6. The van der Waals surface area contributed by atoms with Gasteiger partial charge in [0.05, 0.1) is 62.2 Å². The average Bonchev–Trinajstić information content (AvgIpc) is 3.97. The Labute approximate surface area is 398 Å². The van der Waals surface area contributed by atoms with Gasteiger partial charge in [-0.25, -0.2) is 19.6 Å². The first kappa shape index (κ1) is 46.5. The molecule has 0 spiro atoms. The minimum absolute atomic E-state index is 0.108. The molecule has 5 heterocycles. The zero-order valence-electron chi connectivity index (χ0n) is 40.0. The van der Waals surface area contributed by atoms with Gasteiger partial charge in [0.1, 0.15) is 23.7 Å². The van der Waals surface area contributed by atoms with Crippen LogP contribution in [0.1, 0.15) is 137 Å². The fourth-order valence-corrected chi connectivity index (χ4v) is 10.6. The highest BCUT2D eigenvalue weighted by molar-refractivity contribution is 5.87. The van der Waals surface area contributed by atoms with Crippen molar-refractivity contribution in [3.8, 4) is 22.5 Å². The Balaban J connectivity index is 0.915. The van der Waals surface area contributed by atoms with Crippen molar-refractivity contribution in [2.45, 2.75) is 121 Å². The zero-order valence-corrected chi connectivity index (χ0v) is 40.0. The molecule has 5 aromatic rings. The van der Waals surface area contributed by atoms with Crippen LogP contribution in [0.15, 0.2) is 85.2 Å². The number of alkyl carbamates (subject to hydrolysis) is 2. The predicted molar refractivity (Wildman–Crippen MR) is 259 cm³/mol. The van der Waals surface area contributed by atoms with Crippen molar-refractivity contribution < 1.29 is 28.7 Å². The Morgan fingerprint density at radius 1 is 0.559 bits per heavy atom. The number of carbonyl (C=O) groups is 4. The number of likely N-dealkylation sites (tertiary alicyclic amines) is 2. The highest BCUT2D eigenvalue weighted by Crippen LogP contribution is 2.48. The van der Waals surface area contributed by atoms with E-state index in [1.807, 2.05) is 49.9 Å². The van der Waals surface area contributed by atoms with Gasteiger partial charge in [0.15, 0.2) is 0 Å². The van der Waals surface area contributed by atoms with Crippen molar-refractivity contribution in [3.05, 3.63) is 114 Å². The highest BCUT2D eigenvalue weighted by atomic mass is 16.5. The number of hydrogen-bond acceptors (Lipinski definition) is 9. The maximum absolute atomic E-state index is 13.7. The van der Waals surface area contributed by atoms with Crippen LogP contribution >= 0.6 is 0 Å². The normalized spacial score (nSPS) is 21.3. The van der Waals surface area contributed by atoms with Crippen molar-refractivity contribution in [3.63, 3.8) is 0 Å². The molecule has 0 radical (unpaired) electrons. The molecule has 3 saturated heterocycles. The molecule has 15 heteroatoms. The largest absolute Gasteiger partial charge is 0.453 e. The summed E-state index contributed by atoms with van der Waals surface area (Å²) in [6.45, 7) is 8.86. The third kappa shape index (κ3) is 9.57. The monoisotopic (exact) mass is 924 g/mol. The first-order valence-corrected chi connectivity index (χ1v) is 24.4. The van der Waals surface area contributed by atoms with E-state index in [2.05, 4.69) is 98.3 Å². The number of methoxy groups -OCH3 is 2. The van der Waals surface area contributed by atoms with Gasteiger partial charge in [-0.05, 0) is 109 Å². The second-order valence-electron chi connectivity index (χ2n) is 19.6. The summed E-state index contributed by atoms with van der Waals surface area (Å²) in [5, 5.41) is 5.46. The summed E-state index contributed by atoms with van der Waals surface area (Å²) < 4.78 is 9.62. The Hall–Kier alpha value is -6.64. The molecule has 15 nitrogen and oxygen atoms in total. The van der Waals surface area contributed by atoms with E-state index in [9.17, 15) is 19.2 Å². The van der Waals surface area contributed by atoms with Crippen LogP contribution in [0, 0.1) is 11.8 Å². The molecule has 2 aromatic heterocycles. The lowest BCUT2D eigenvalue weighted by atomic mass is 10.0. The van der Waals surface area contributed by atoms with Gasteiger partial charge < -0.3 is 44.8 Å². The predicted octanol–water partition coefficient (Wildman–Crippen LogP) is 9.52. The van der Waals surface area contributed by atoms with Gasteiger partial charge >= 0.3 is 12.2 Å². The number of rotatable bonds is 14. The summed E-state index contributed by atoms with van der Waals surface area (Å²) in [4.78, 5) is 74.5. The zero-order chi connectivity index (χ0) is 47.6. The topological polar surface area (TPSA) is 178 Å². The molecule has 1 saturated carbocycles. The molecule has 3 aliphatic heterocycles. The van der Waals surface area contributed by atoms with Crippen molar-refractivity contribution in [2.75, 3.05) is 32.2 Å². The van der Waals surface area contributed by atoms with Gasteiger partial charge in [-0.15, -0.1) is 0 Å². The lowest BCUT2D eigenvalue weighted by Crippen LogP contribution is -2.51. The lowest BCUT2D eigenvalue weighted by molar-refractivity contribution is -0.136. The SMILES string of the molecule is COC(=O)N[C@H](C(=O)N1CCC[C@H]1c1ncc(-c2ccc([C@H]3CC[C@@H](c4ccc(-c5cnc([C@@H]6CCCN6C(=O)[C@@H](NC(=O)OC)C(C)C)[nH]5)cc4)N3c3ccc(C4CC4)cc3)cc2)[nH]1)C(C)C. The highest BCUT2D eigenvalue weighted by Gasteiger charge is 2.40. The van der Waals surface area contributed by atoms with Crippen LogP contribution in [0.4, 0.5) is 15.3 Å². The quantitative estimate of drug-likeness (QED) is 0.0845. The molecule has 4 N–H and O–H groups in total. The van der Waals surface area contributed by atoms with Gasteiger partial charge in [-0.3, -0.25) is 9.59 Å². The molecule has 0 bridgehead atoms.